The van der Waals surface area contributed by atoms with Crippen molar-refractivity contribution in [2.45, 2.75) is 39.1 Å². The van der Waals surface area contributed by atoms with E-state index in [1.165, 1.54) is 13.7 Å². The van der Waals surface area contributed by atoms with Crippen LogP contribution < -0.4 is 0 Å². The van der Waals surface area contributed by atoms with Crippen LogP contribution in [0.4, 0.5) is 0 Å². The summed E-state index contributed by atoms with van der Waals surface area (Å²) in [5.74, 6) is 0.722. The first-order chi connectivity index (χ1) is 5.20. The molecular weight excluding hydrogens is 133 g/mol. The van der Waals surface area contributed by atoms with Crippen LogP contribution in [0.15, 0.2) is 11.6 Å². The molecule has 2 atom stereocenters. The Morgan fingerprint density at radius 3 is 2.73 bits per heavy atom. The van der Waals surface area contributed by atoms with E-state index in [0.717, 1.165) is 5.94 Å². The maximum Gasteiger partial charge on any atom is 0.138 e. The summed E-state index contributed by atoms with van der Waals surface area (Å²) in [6.45, 7) is 6.77. The van der Waals surface area contributed by atoms with Gasteiger partial charge in [0, 0.05) is 6.04 Å². The second-order valence-electron chi connectivity index (χ2n) is 3.46. The van der Waals surface area contributed by atoms with Crippen LogP contribution in [0.2, 0.25) is 6.82 Å². The lowest BCUT2D eigenvalue weighted by Crippen LogP contribution is -2.35. The molecule has 0 amide bonds. The third kappa shape index (κ3) is 1.87. The van der Waals surface area contributed by atoms with Gasteiger partial charge >= 0.3 is 0 Å². The van der Waals surface area contributed by atoms with E-state index >= 15 is 0 Å². The Morgan fingerprint density at radius 2 is 2.36 bits per heavy atom. The first kappa shape index (κ1) is 8.86. The monoisotopic (exact) mass is 151 g/mol. The van der Waals surface area contributed by atoms with Gasteiger partial charge in [0.2, 0.25) is 0 Å². The molecule has 1 rings (SSSR count). The molecule has 0 aromatic rings. The third-order valence-corrected chi connectivity index (χ3v) is 2.78. The lowest BCUT2D eigenvalue weighted by atomic mass is 9.72. The summed E-state index contributed by atoms with van der Waals surface area (Å²) < 4.78 is 0. The summed E-state index contributed by atoms with van der Waals surface area (Å²) >= 11 is 0. The molecule has 0 radical (unpaired) electrons. The minimum Gasteiger partial charge on any atom is -0.301 e. The fraction of sp³-hybridized carbons (Fsp3) is 0.778. The molecule has 0 aliphatic heterocycles. The van der Waals surface area contributed by atoms with Crippen molar-refractivity contribution < 1.29 is 0 Å². The SMILES string of the molecule is CBC(C)N(C)C1C=C1CC. The Balaban J connectivity index is 2.29. The molecule has 0 spiro atoms. The average molecular weight is 151 g/mol. The number of likely N-dealkylation sites (N-methyl/N-ethyl adjacent to an activating group) is 1. The predicted octanol–water partition coefficient (Wildman–Crippen LogP) is 1.47. The zero-order valence-corrected chi connectivity index (χ0v) is 8.09. The molecule has 0 bridgehead atoms. The highest BCUT2D eigenvalue weighted by atomic mass is 15.2. The van der Waals surface area contributed by atoms with E-state index in [-0.39, 0.29) is 0 Å². The van der Waals surface area contributed by atoms with Gasteiger partial charge in [-0.25, -0.2) is 0 Å². The van der Waals surface area contributed by atoms with Gasteiger partial charge in [-0.15, -0.1) is 0 Å². The van der Waals surface area contributed by atoms with Crippen molar-refractivity contribution >= 4 is 7.28 Å². The van der Waals surface area contributed by atoms with Crippen LogP contribution in [-0.2, 0) is 0 Å². The molecule has 0 saturated carbocycles. The predicted molar refractivity (Wildman–Crippen MR) is 52.4 cm³/mol. The van der Waals surface area contributed by atoms with Gasteiger partial charge in [0.05, 0.1) is 0 Å². The van der Waals surface area contributed by atoms with Gasteiger partial charge < -0.3 is 4.90 Å². The van der Waals surface area contributed by atoms with Gasteiger partial charge in [0.15, 0.2) is 0 Å². The summed E-state index contributed by atoms with van der Waals surface area (Å²) in [6.07, 6.45) is 3.59. The molecule has 0 N–H and O–H groups in total. The van der Waals surface area contributed by atoms with Crippen molar-refractivity contribution in [3.63, 3.8) is 0 Å². The maximum atomic E-state index is 2.46. The third-order valence-electron chi connectivity index (χ3n) is 2.78. The number of nitrogens with zero attached hydrogens (tertiary/aromatic N) is 1. The normalized spacial score (nSPS) is 24.8. The largest absolute Gasteiger partial charge is 0.301 e. The van der Waals surface area contributed by atoms with Crippen LogP contribution in [-0.4, -0.2) is 31.2 Å². The van der Waals surface area contributed by atoms with Gasteiger partial charge in [-0.3, -0.25) is 0 Å². The van der Waals surface area contributed by atoms with E-state index < -0.39 is 0 Å². The fourth-order valence-electron chi connectivity index (χ4n) is 1.42. The molecule has 2 unspecified atom stereocenters. The maximum absolute atomic E-state index is 2.46. The molecular formula is C9H18BN. The molecule has 0 saturated heterocycles. The molecule has 0 aromatic heterocycles. The van der Waals surface area contributed by atoms with Crippen molar-refractivity contribution in [1.82, 2.24) is 4.90 Å². The van der Waals surface area contributed by atoms with E-state index in [4.69, 9.17) is 0 Å². The summed E-state index contributed by atoms with van der Waals surface area (Å²) in [4.78, 5) is 2.46. The molecule has 1 nitrogen and oxygen atoms in total. The zero-order valence-electron chi connectivity index (χ0n) is 8.09. The van der Waals surface area contributed by atoms with E-state index in [1.54, 1.807) is 5.57 Å². The molecule has 11 heavy (non-hydrogen) atoms. The Hall–Kier alpha value is -0.235. The highest BCUT2D eigenvalue weighted by Gasteiger charge is 2.28. The van der Waals surface area contributed by atoms with Gasteiger partial charge in [-0.1, -0.05) is 32.3 Å². The van der Waals surface area contributed by atoms with Gasteiger partial charge in [-0.05, 0) is 19.4 Å². The molecule has 2 heteroatoms. The molecule has 62 valence electrons. The van der Waals surface area contributed by atoms with E-state index in [2.05, 4.69) is 38.7 Å². The number of hydrogen-bond donors (Lipinski definition) is 0. The Bertz CT molecular complexity index is 165. The highest BCUT2D eigenvalue weighted by molar-refractivity contribution is 6.35. The lowest BCUT2D eigenvalue weighted by molar-refractivity contribution is 0.320. The smallest absolute Gasteiger partial charge is 0.138 e. The van der Waals surface area contributed by atoms with Crippen molar-refractivity contribution in [2.75, 3.05) is 7.05 Å². The van der Waals surface area contributed by atoms with Gasteiger partial charge in [-0.2, -0.15) is 0 Å². The summed E-state index contributed by atoms with van der Waals surface area (Å²) in [7, 11) is 3.47. The highest BCUT2D eigenvalue weighted by Crippen LogP contribution is 2.29. The first-order valence-electron chi connectivity index (χ1n) is 4.63. The van der Waals surface area contributed by atoms with Gasteiger partial charge in [0.1, 0.15) is 7.28 Å². The summed E-state index contributed by atoms with van der Waals surface area (Å²) in [5, 5.41) is 0. The molecule has 0 fully saturated rings. The minimum absolute atomic E-state index is 0.704. The molecule has 1 aliphatic rings. The standard InChI is InChI=1S/C9H18BN/c1-5-8-6-9(8)11(4)7(2)10-3/h6-7,9-10H,5H2,1-4H3. The molecule has 1 aliphatic carbocycles. The van der Waals surface area contributed by atoms with Crippen LogP contribution in [0.1, 0.15) is 20.3 Å². The Morgan fingerprint density at radius 1 is 1.73 bits per heavy atom. The first-order valence-corrected chi connectivity index (χ1v) is 4.63. The van der Waals surface area contributed by atoms with E-state index in [1.807, 2.05) is 0 Å². The van der Waals surface area contributed by atoms with E-state index in [0.29, 0.717) is 6.04 Å². The minimum atomic E-state index is 0.704. The van der Waals surface area contributed by atoms with E-state index in [9.17, 15) is 0 Å². The van der Waals surface area contributed by atoms with Crippen LogP contribution in [0.3, 0.4) is 0 Å². The van der Waals surface area contributed by atoms with Crippen LogP contribution in [0, 0.1) is 0 Å². The Labute approximate surface area is 70.7 Å². The Kier molecular flexibility index (Phi) is 2.77. The van der Waals surface area contributed by atoms with Crippen LogP contribution in [0.5, 0.6) is 0 Å². The zero-order chi connectivity index (χ0) is 8.43. The average Bonchev–Trinajstić information content (AvgIpc) is 2.80. The summed E-state index contributed by atoms with van der Waals surface area (Å²) in [6, 6.07) is 0.704. The second-order valence-corrected chi connectivity index (χ2v) is 3.46. The quantitative estimate of drug-likeness (QED) is 0.434. The van der Waals surface area contributed by atoms with Crippen molar-refractivity contribution in [2.24, 2.45) is 0 Å². The van der Waals surface area contributed by atoms with Crippen molar-refractivity contribution in [3.05, 3.63) is 11.6 Å². The topological polar surface area (TPSA) is 3.24 Å². The fourth-order valence-corrected chi connectivity index (χ4v) is 1.42. The van der Waals surface area contributed by atoms with Crippen molar-refractivity contribution in [3.8, 4) is 0 Å². The van der Waals surface area contributed by atoms with Crippen LogP contribution in [0.25, 0.3) is 0 Å². The van der Waals surface area contributed by atoms with Crippen molar-refractivity contribution in [1.29, 1.82) is 0 Å². The lowest BCUT2D eigenvalue weighted by Gasteiger charge is -2.23. The van der Waals surface area contributed by atoms with Crippen LogP contribution >= 0.6 is 0 Å². The molecule has 0 heterocycles. The second kappa shape index (κ2) is 3.44. The summed E-state index contributed by atoms with van der Waals surface area (Å²) in [5.41, 5.74) is 1.62. The van der Waals surface area contributed by atoms with Gasteiger partial charge in [0.25, 0.3) is 0 Å². The molecule has 0 aromatic carbocycles. The number of hydrogen-bond acceptors (Lipinski definition) is 1. The number of rotatable bonds is 4.